The van der Waals surface area contributed by atoms with E-state index in [-0.39, 0.29) is 25.4 Å². The van der Waals surface area contributed by atoms with Crippen LogP contribution >= 0.6 is 0 Å². The van der Waals surface area contributed by atoms with Gasteiger partial charge in [0, 0.05) is 19.5 Å². The molecule has 1 aliphatic heterocycles. The molecule has 4 N–H and O–H groups in total. The first-order valence-corrected chi connectivity index (χ1v) is 6.42. The summed E-state index contributed by atoms with van der Waals surface area (Å²) in [5.74, 6) is -1.24. The summed E-state index contributed by atoms with van der Waals surface area (Å²) in [6.45, 7) is 0.363. The van der Waals surface area contributed by atoms with Crippen molar-refractivity contribution in [2.24, 2.45) is 11.1 Å². The highest BCUT2D eigenvalue weighted by atomic mass is 16.4. The van der Waals surface area contributed by atoms with Gasteiger partial charge in [-0.05, 0) is 12.8 Å². The number of nitrogens with zero attached hydrogens (tertiary/aromatic N) is 1. The van der Waals surface area contributed by atoms with E-state index < -0.39 is 23.5 Å². The van der Waals surface area contributed by atoms with E-state index in [1.54, 1.807) is 0 Å². The number of carbonyl (C=O) groups excluding carboxylic acids is 1. The van der Waals surface area contributed by atoms with Crippen molar-refractivity contribution in [2.45, 2.75) is 44.2 Å². The first-order valence-electron chi connectivity index (χ1n) is 6.42. The van der Waals surface area contributed by atoms with Crippen molar-refractivity contribution in [1.29, 1.82) is 0 Å². The van der Waals surface area contributed by atoms with Gasteiger partial charge in [-0.2, -0.15) is 0 Å². The number of hydrogen-bond acceptors (Lipinski definition) is 4. The molecule has 0 radical (unpaired) electrons. The quantitative estimate of drug-likeness (QED) is 0.634. The van der Waals surface area contributed by atoms with Gasteiger partial charge in [0.25, 0.3) is 0 Å². The fraction of sp³-hybridized carbons (Fsp3) is 0.833. The van der Waals surface area contributed by atoms with Crippen molar-refractivity contribution in [2.75, 3.05) is 13.1 Å². The fourth-order valence-electron chi connectivity index (χ4n) is 3.13. The second-order valence-electron chi connectivity index (χ2n) is 5.39. The van der Waals surface area contributed by atoms with Gasteiger partial charge in [0.1, 0.15) is 6.04 Å². The third-order valence-electron chi connectivity index (χ3n) is 4.23. The minimum absolute atomic E-state index is 0.109. The first-order chi connectivity index (χ1) is 8.50. The molecule has 1 saturated carbocycles. The molecule has 0 aromatic carbocycles. The lowest BCUT2D eigenvalue weighted by atomic mass is 9.84. The maximum absolute atomic E-state index is 12.5. The van der Waals surface area contributed by atoms with Crippen LogP contribution in [0.15, 0.2) is 0 Å². The zero-order valence-electron chi connectivity index (χ0n) is 10.3. The van der Waals surface area contributed by atoms with E-state index in [9.17, 15) is 14.7 Å². The van der Waals surface area contributed by atoms with Crippen molar-refractivity contribution in [3.05, 3.63) is 0 Å². The number of nitrogens with two attached hydrogens (primary N) is 1. The van der Waals surface area contributed by atoms with Gasteiger partial charge >= 0.3 is 5.97 Å². The summed E-state index contributed by atoms with van der Waals surface area (Å²) in [5, 5.41) is 18.7. The van der Waals surface area contributed by atoms with Crippen LogP contribution in [0.3, 0.4) is 0 Å². The molecule has 2 atom stereocenters. The van der Waals surface area contributed by atoms with Crippen LogP contribution in [0.4, 0.5) is 0 Å². The highest BCUT2D eigenvalue weighted by molar-refractivity contribution is 5.88. The number of amides is 1. The highest BCUT2D eigenvalue weighted by Gasteiger charge is 2.48. The molecule has 2 fully saturated rings. The number of carboxylic acids is 1. The molecule has 102 valence electrons. The maximum atomic E-state index is 12.5. The van der Waals surface area contributed by atoms with Crippen LogP contribution in [-0.4, -0.2) is 52.2 Å². The summed E-state index contributed by atoms with van der Waals surface area (Å²) < 4.78 is 0. The standard InChI is InChI=1S/C12H20N2O4/c13-7-12(3-1-2-4-12)11(18)14-6-8(15)5-9(14)10(16)17/h8-9,15H,1-7,13H2,(H,16,17)/t8-,9-/m1/s1. The Balaban J connectivity index is 2.19. The van der Waals surface area contributed by atoms with Crippen LogP contribution in [0, 0.1) is 5.41 Å². The molecule has 0 bridgehead atoms. The SMILES string of the molecule is NCC1(C(=O)N2C[C@H](O)C[C@@H]2C(=O)O)CCCC1. The Kier molecular flexibility index (Phi) is 3.59. The highest BCUT2D eigenvalue weighted by Crippen LogP contribution is 2.40. The number of likely N-dealkylation sites (tertiary alicyclic amines) is 1. The second-order valence-corrected chi connectivity index (χ2v) is 5.39. The topological polar surface area (TPSA) is 104 Å². The number of rotatable bonds is 3. The number of hydrogen-bond donors (Lipinski definition) is 3. The zero-order valence-corrected chi connectivity index (χ0v) is 10.3. The number of carboxylic acid groups (broad SMARTS) is 1. The Hall–Kier alpha value is -1.14. The van der Waals surface area contributed by atoms with E-state index in [4.69, 9.17) is 10.8 Å². The van der Waals surface area contributed by atoms with E-state index in [0.717, 1.165) is 25.7 Å². The molecule has 0 aromatic rings. The monoisotopic (exact) mass is 256 g/mol. The largest absolute Gasteiger partial charge is 0.480 e. The molecule has 1 saturated heterocycles. The molecule has 2 rings (SSSR count). The summed E-state index contributed by atoms with van der Waals surface area (Å²) in [5.41, 5.74) is 5.14. The number of carbonyl (C=O) groups is 2. The first kappa shape index (κ1) is 13.3. The van der Waals surface area contributed by atoms with Crippen LogP contribution in [-0.2, 0) is 9.59 Å². The van der Waals surface area contributed by atoms with Crippen LogP contribution in [0.1, 0.15) is 32.1 Å². The molecule has 1 aliphatic carbocycles. The number of aliphatic carboxylic acids is 1. The van der Waals surface area contributed by atoms with Crippen LogP contribution in [0.2, 0.25) is 0 Å². The molecule has 6 heteroatoms. The van der Waals surface area contributed by atoms with Crippen molar-refractivity contribution in [1.82, 2.24) is 4.90 Å². The van der Waals surface area contributed by atoms with Crippen LogP contribution < -0.4 is 5.73 Å². The molecule has 0 spiro atoms. The Morgan fingerprint density at radius 2 is 1.94 bits per heavy atom. The Bertz CT molecular complexity index is 352. The Morgan fingerprint density at radius 1 is 1.33 bits per heavy atom. The average Bonchev–Trinajstić information content (AvgIpc) is 2.95. The molecule has 18 heavy (non-hydrogen) atoms. The van der Waals surface area contributed by atoms with Gasteiger partial charge in [0.05, 0.1) is 11.5 Å². The van der Waals surface area contributed by atoms with Gasteiger partial charge in [-0.15, -0.1) is 0 Å². The van der Waals surface area contributed by atoms with E-state index in [0.29, 0.717) is 0 Å². The molecule has 6 nitrogen and oxygen atoms in total. The molecular weight excluding hydrogens is 236 g/mol. The fourth-order valence-corrected chi connectivity index (χ4v) is 3.13. The van der Waals surface area contributed by atoms with Gasteiger partial charge in [0.15, 0.2) is 0 Å². The van der Waals surface area contributed by atoms with Crippen LogP contribution in [0.5, 0.6) is 0 Å². The third kappa shape index (κ3) is 2.10. The molecule has 0 aromatic heterocycles. The molecule has 1 heterocycles. The van der Waals surface area contributed by atoms with Crippen molar-refractivity contribution < 1.29 is 19.8 Å². The van der Waals surface area contributed by atoms with Gasteiger partial charge in [-0.25, -0.2) is 4.79 Å². The van der Waals surface area contributed by atoms with Crippen molar-refractivity contribution in [3.63, 3.8) is 0 Å². The molecular formula is C12H20N2O4. The van der Waals surface area contributed by atoms with Crippen LogP contribution in [0.25, 0.3) is 0 Å². The van der Waals surface area contributed by atoms with Gasteiger partial charge in [-0.1, -0.05) is 12.8 Å². The summed E-state index contributed by atoms with van der Waals surface area (Å²) >= 11 is 0. The Labute approximate surface area is 106 Å². The smallest absolute Gasteiger partial charge is 0.326 e. The number of aliphatic hydroxyl groups excluding tert-OH is 1. The number of aliphatic hydroxyl groups is 1. The normalized spacial score (nSPS) is 30.7. The lowest BCUT2D eigenvalue weighted by molar-refractivity contribution is -0.152. The molecule has 0 unspecified atom stereocenters. The lowest BCUT2D eigenvalue weighted by Gasteiger charge is -2.33. The van der Waals surface area contributed by atoms with Gasteiger partial charge in [-0.3, -0.25) is 4.79 Å². The van der Waals surface area contributed by atoms with E-state index in [1.165, 1.54) is 4.90 Å². The number of β-amino-alcohol motifs (C(OH)–C–C–N with tert-alkyl or cyclic N) is 1. The maximum Gasteiger partial charge on any atom is 0.326 e. The summed E-state index contributed by atoms with van der Waals surface area (Å²) in [4.78, 5) is 25.0. The van der Waals surface area contributed by atoms with E-state index in [1.807, 2.05) is 0 Å². The predicted octanol–water partition coefficient (Wildman–Crippen LogP) is -0.448. The minimum atomic E-state index is -1.05. The second kappa shape index (κ2) is 4.85. The van der Waals surface area contributed by atoms with E-state index in [2.05, 4.69) is 0 Å². The van der Waals surface area contributed by atoms with Gasteiger partial charge in [0.2, 0.25) is 5.91 Å². The van der Waals surface area contributed by atoms with Crippen molar-refractivity contribution in [3.8, 4) is 0 Å². The Morgan fingerprint density at radius 3 is 2.44 bits per heavy atom. The third-order valence-corrected chi connectivity index (χ3v) is 4.23. The summed E-state index contributed by atoms with van der Waals surface area (Å²) in [7, 11) is 0. The molecule has 2 aliphatic rings. The summed E-state index contributed by atoms with van der Waals surface area (Å²) in [6.07, 6.45) is 2.73. The minimum Gasteiger partial charge on any atom is -0.480 e. The average molecular weight is 256 g/mol. The van der Waals surface area contributed by atoms with E-state index >= 15 is 0 Å². The lowest BCUT2D eigenvalue weighted by Crippen LogP contribution is -2.50. The molecule has 1 amide bonds. The predicted molar refractivity (Wildman–Crippen MR) is 63.7 cm³/mol. The van der Waals surface area contributed by atoms with Gasteiger partial charge < -0.3 is 20.8 Å². The zero-order chi connectivity index (χ0) is 13.3. The summed E-state index contributed by atoms with van der Waals surface area (Å²) in [6, 6.07) is -0.906. The van der Waals surface area contributed by atoms with Crippen molar-refractivity contribution >= 4 is 11.9 Å².